The third kappa shape index (κ3) is 1.51. The summed E-state index contributed by atoms with van der Waals surface area (Å²) in [5, 5.41) is 0. The van der Waals surface area contributed by atoms with E-state index in [4.69, 9.17) is 0 Å². The first-order valence-electron chi connectivity index (χ1n) is 4.46. The van der Waals surface area contributed by atoms with Crippen molar-refractivity contribution in [3.05, 3.63) is 0 Å². The van der Waals surface area contributed by atoms with Crippen LogP contribution in [0.2, 0.25) is 0 Å². The second kappa shape index (κ2) is 3.38. The largest absolute Gasteiger partial charge is 0.303 e. The molecule has 60 valence electrons. The summed E-state index contributed by atoms with van der Waals surface area (Å²) in [5.74, 6) is 0.957. The summed E-state index contributed by atoms with van der Waals surface area (Å²) in [6, 6.07) is 0.818. The van der Waals surface area contributed by atoms with Crippen LogP contribution in [0.1, 0.15) is 33.1 Å². The van der Waals surface area contributed by atoms with Gasteiger partial charge in [0, 0.05) is 6.04 Å². The molecule has 0 aromatic carbocycles. The van der Waals surface area contributed by atoms with Gasteiger partial charge in [0.25, 0.3) is 0 Å². The highest BCUT2D eigenvalue weighted by atomic mass is 15.1. The second-order valence-corrected chi connectivity index (χ2v) is 3.53. The van der Waals surface area contributed by atoms with Crippen LogP contribution in [-0.4, -0.2) is 24.5 Å². The van der Waals surface area contributed by atoms with Crippen molar-refractivity contribution in [3.63, 3.8) is 0 Å². The maximum atomic E-state index is 2.48. The van der Waals surface area contributed by atoms with Crippen LogP contribution in [0.15, 0.2) is 0 Å². The van der Waals surface area contributed by atoms with Crippen molar-refractivity contribution < 1.29 is 0 Å². The Kier molecular flexibility index (Phi) is 2.72. The van der Waals surface area contributed by atoms with E-state index in [9.17, 15) is 0 Å². The lowest BCUT2D eigenvalue weighted by atomic mass is 9.89. The highest BCUT2D eigenvalue weighted by molar-refractivity contribution is 4.77. The Morgan fingerprint density at radius 1 is 1.50 bits per heavy atom. The Morgan fingerprint density at radius 3 is 2.70 bits per heavy atom. The molecule has 0 aliphatic carbocycles. The topological polar surface area (TPSA) is 3.24 Å². The molecule has 0 unspecified atom stereocenters. The molecule has 1 aliphatic heterocycles. The molecule has 0 saturated carbocycles. The van der Waals surface area contributed by atoms with Crippen LogP contribution in [0.5, 0.6) is 0 Å². The predicted octanol–water partition coefficient (Wildman–Crippen LogP) is 2.13. The molecule has 1 nitrogen and oxygen atoms in total. The molecule has 0 aromatic heterocycles. The van der Waals surface area contributed by atoms with E-state index >= 15 is 0 Å². The van der Waals surface area contributed by atoms with Crippen molar-refractivity contribution in [3.8, 4) is 0 Å². The monoisotopic (exact) mass is 141 g/mol. The molecule has 0 amide bonds. The first-order chi connectivity index (χ1) is 4.75. The van der Waals surface area contributed by atoms with E-state index in [0.717, 1.165) is 12.0 Å². The van der Waals surface area contributed by atoms with Gasteiger partial charge >= 0.3 is 0 Å². The maximum absolute atomic E-state index is 2.48. The number of rotatable bonds is 1. The van der Waals surface area contributed by atoms with Crippen molar-refractivity contribution >= 4 is 0 Å². The van der Waals surface area contributed by atoms with E-state index in [1.165, 1.54) is 25.8 Å². The summed E-state index contributed by atoms with van der Waals surface area (Å²) >= 11 is 0. The van der Waals surface area contributed by atoms with Crippen molar-refractivity contribution in [2.24, 2.45) is 5.92 Å². The summed E-state index contributed by atoms with van der Waals surface area (Å²) in [4.78, 5) is 2.48. The summed E-state index contributed by atoms with van der Waals surface area (Å²) in [6.45, 7) is 5.96. The average Bonchev–Trinajstić information content (AvgIpc) is 1.95. The van der Waals surface area contributed by atoms with Gasteiger partial charge in [-0.25, -0.2) is 0 Å². The van der Waals surface area contributed by atoms with E-state index < -0.39 is 0 Å². The molecule has 0 aromatic rings. The molecule has 2 atom stereocenters. The lowest BCUT2D eigenvalue weighted by Crippen LogP contribution is -2.40. The van der Waals surface area contributed by atoms with Crippen molar-refractivity contribution in [2.45, 2.75) is 39.2 Å². The third-order valence-electron chi connectivity index (χ3n) is 2.99. The minimum Gasteiger partial charge on any atom is -0.303 e. The summed E-state index contributed by atoms with van der Waals surface area (Å²) in [6.07, 6.45) is 4.20. The fraction of sp³-hybridized carbons (Fsp3) is 1.00. The minimum absolute atomic E-state index is 0.818. The molecule has 0 bridgehead atoms. The van der Waals surface area contributed by atoms with Crippen molar-refractivity contribution in [1.29, 1.82) is 0 Å². The van der Waals surface area contributed by atoms with Crippen LogP contribution in [0.25, 0.3) is 0 Å². The van der Waals surface area contributed by atoms with Gasteiger partial charge in [0.05, 0.1) is 0 Å². The van der Waals surface area contributed by atoms with Gasteiger partial charge in [0.1, 0.15) is 0 Å². The number of hydrogen-bond donors (Lipinski definition) is 0. The van der Waals surface area contributed by atoms with Gasteiger partial charge in [0.2, 0.25) is 0 Å². The summed E-state index contributed by atoms with van der Waals surface area (Å²) < 4.78 is 0. The Morgan fingerprint density at radius 2 is 2.20 bits per heavy atom. The molecule has 1 aliphatic rings. The number of hydrogen-bond acceptors (Lipinski definition) is 1. The van der Waals surface area contributed by atoms with Crippen molar-refractivity contribution in [2.75, 3.05) is 13.6 Å². The number of piperidine rings is 1. The van der Waals surface area contributed by atoms with Gasteiger partial charge in [0.15, 0.2) is 0 Å². The molecule has 1 saturated heterocycles. The zero-order valence-electron chi connectivity index (χ0n) is 7.43. The lowest BCUT2D eigenvalue weighted by Gasteiger charge is -2.36. The van der Waals surface area contributed by atoms with Gasteiger partial charge < -0.3 is 4.90 Å². The van der Waals surface area contributed by atoms with E-state index in [0.29, 0.717) is 0 Å². The summed E-state index contributed by atoms with van der Waals surface area (Å²) in [5.41, 5.74) is 0. The van der Waals surface area contributed by atoms with Gasteiger partial charge in [-0.15, -0.1) is 0 Å². The molecule has 1 heterocycles. The smallest absolute Gasteiger partial charge is 0.00920 e. The molecule has 0 radical (unpaired) electrons. The van der Waals surface area contributed by atoms with E-state index in [1.807, 2.05) is 0 Å². The lowest BCUT2D eigenvalue weighted by molar-refractivity contribution is 0.131. The fourth-order valence-electron chi connectivity index (χ4n) is 1.95. The predicted molar refractivity (Wildman–Crippen MR) is 45.1 cm³/mol. The SMILES string of the molecule is CC[C@H]1CCCN(C)[C@H]1C. The second-order valence-electron chi connectivity index (χ2n) is 3.53. The maximum Gasteiger partial charge on any atom is 0.00920 e. The van der Waals surface area contributed by atoms with E-state index in [-0.39, 0.29) is 0 Å². The molecule has 10 heavy (non-hydrogen) atoms. The molecule has 1 fully saturated rings. The van der Waals surface area contributed by atoms with Crippen molar-refractivity contribution in [1.82, 2.24) is 4.90 Å². The van der Waals surface area contributed by atoms with Crippen LogP contribution in [0.3, 0.4) is 0 Å². The Hall–Kier alpha value is -0.0400. The molecular formula is C9H19N. The first-order valence-corrected chi connectivity index (χ1v) is 4.46. The van der Waals surface area contributed by atoms with E-state index in [2.05, 4.69) is 25.8 Å². The van der Waals surface area contributed by atoms with Gasteiger partial charge in [-0.3, -0.25) is 0 Å². The third-order valence-corrected chi connectivity index (χ3v) is 2.99. The first kappa shape index (κ1) is 8.06. The standard InChI is InChI=1S/C9H19N/c1-4-9-6-5-7-10(3)8(9)2/h8-9H,4-7H2,1-3H3/t8-,9-/m0/s1. The highest BCUT2D eigenvalue weighted by Crippen LogP contribution is 2.24. The average molecular weight is 141 g/mol. The van der Waals surface area contributed by atoms with Crippen LogP contribution in [0, 0.1) is 5.92 Å². The van der Waals surface area contributed by atoms with Crippen LogP contribution in [0.4, 0.5) is 0 Å². The Bertz CT molecular complexity index is 101. The Labute approximate surface area is 64.4 Å². The molecule has 1 heteroatoms. The quantitative estimate of drug-likeness (QED) is 0.540. The van der Waals surface area contributed by atoms with E-state index in [1.54, 1.807) is 0 Å². The zero-order chi connectivity index (χ0) is 7.56. The number of nitrogens with zero attached hydrogens (tertiary/aromatic N) is 1. The molecule has 0 N–H and O–H groups in total. The van der Waals surface area contributed by atoms with Gasteiger partial charge in [-0.2, -0.15) is 0 Å². The van der Waals surface area contributed by atoms with Crippen LogP contribution >= 0.6 is 0 Å². The molecule has 0 spiro atoms. The normalized spacial score (nSPS) is 36.3. The van der Waals surface area contributed by atoms with Gasteiger partial charge in [-0.05, 0) is 39.3 Å². The number of likely N-dealkylation sites (tertiary alicyclic amines) is 1. The zero-order valence-corrected chi connectivity index (χ0v) is 7.43. The minimum atomic E-state index is 0.818. The van der Waals surface area contributed by atoms with Gasteiger partial charge in [-0.1, -0.05) is 13.3 Å². The fourth-order valence-corrected chi connectivity index (χ4v) is 1.95. The Balaban J connectivity index is 2.42. The summed E-state index contributed by atoms with van der Waals surface area (Å²) in [7, 11) is 2.24. The molecular weight excluding hydrogens is 122 g/mol. The highest BCUT2D eigenvalue weighted by Gasteiger charge is 2.23. The molecule has 1 rings (SSSR count). The van der Waals surface area contributed by atoms with Crippen LogP contribution in [-0.2, 0) is 0 Å². The van der Waals surface area contributed by atoms with Crippen LogP contribution < -0.4 is 0 Å².